The molecule has 5 nitrogen and oxygen atoms in total. The van der Waals surface area contributed by atoms with Crippen molar-refractivity contribution in [3.05, 3.63) is 64.7 Å². The summed E-state index contributed by atoms with van der Waals surface area (Å²) in [7, 11) is 1.67. The molecule has 0 aliphatic carbocycles. The van der Waals surface area contributed by atoms with Gasteiger partial charge in [0, 0.05) is 49.4 Å². The van der Waals surface area contributed by atoms with Gasteiger partial charge in [-0.3, -0.25) is 4.99 Å². The van der Waals surface area contributed by atoms with Crippen LogP contribution in [0.2, 0.25) is 5.02 Å². The van der Waals surface area contributed by atoms with Gasteiger partial charge in [0.2, 0.25) is 0 Å². The van der Waals surface area contributed by atoms with E-state index in [4.69, 9.17) is 16.3 Å². The number of hydrogen-bond acceptors (Lipinski definition) is 3. The van der Waals surface area contributed by atoms with Crippen molar-refractivity contribution in [2.24, 2.45) is 4.99 Å². The molecule has 2 aromatic carbocycles. The molecule has 0 saturated carbocycles. The van der Waals surface area contributed by atoms with E-state index in [1.807, 2.05) is 18.2 Å². The fraction of sp³-hybridized carbons (Fsp3) is 0.409. The maximum atomic E-state index is 12.6. The Bertz CT molecular complexity index is 864. The molecular formula is C22H27ClF2IN3O2. The van der Waals surface area contributed by atoms with Crippen molar-refractivity contribution in [3.63, 3.8) is 0 Å². The van der Waals surface area contributed by atoms with Gasteiger partial charge < -0.3 is 20.1 Å². The van der Waals surface area contributed by atoms with E-state index < -0.39 is 6.61 Å². The number of nitrogens with zero attached hydrogens (tertiary/aromatic N) is 1. The lowest BCUT2D eigenvalue weighted by Gasteiger charge is -2.38. The molecular weight excluding hydrogens is 539 g/mol. The Labute approximate surface area is 203 Å². The van der Waals surface area contributed by atoms with E-state index in [9.17, 15) is 8.78 Å². The molecule has 0 unspecified atom stereocenters. The first-order chi connectivity index (χ1) is 14.5. The van der Waals surface area contributed by atoms with Gasteiger partial charge in [-0.15, -0.1) is 24.0 Å². The monoisotopic (exact) mass is 565 g/mol. The van der Waals surface area contributed by atoms with Gasteiger partial charge in [-0.25, -0.2) is 0 Å². The molecule has 1 saturated heterocycles. The van der Waals surface area contributed by atoms with Gasteiger partial charge in [0.1, 0.15) is 5.75 Å². The molecule has 170 valence electrons. The normalized spacial score (nSPS) is 15.8. The molecule has 0 aromatic heterocycles. The van der Waals surface area contributed by atoms with E-state index in [0.29, 0.717) is 37.8 Å². The van der Waals surface area contributed by atoms with Gasteiger partial charge in [0.05, 0.1) is 0 Å². The predicted molar refractivity (Wildman–Crippen MR) is 130 cm³/mol. The average molecular weight is 566 g/mol. The molecule has 1 fully saturated rings. The second kappa shape index (κ2) is 12.4. The van der Waals surface area contributed by atoms with Crippen LogP contribution in [0.1, 0.15) is 24.0 Å². The first-order valence-corrected chi connectivity index (χ1v) is 10.2. The van der Waals surface area contributed by atoms with Crippen molar-refractivity contribution in [1.29, 1.82) is 0 Å². The minimum atomic E-state index is -2.87. The minimum Gasteiger partial charge on any atom is -0.434 e. The second-order valence-electron chi connectivity index (χ2n) is 7.14. The first kappa shape index (κ1) is 25.6. The van der Waals surface area contributed by atoms with Crippen molar-refractivity contribution in [1.82, 2.24) is 10.6 Å². The smallest absolute Gasteiger partial charge is 0.387 e. The van der Waals surface area contributed by atoms with Crippen molar-refractivity contribution in [3.8, 4) is 5.75 Å². The average Bonchev–Trinajstić information content (AvgIpc) is 2.75. The molecule has 0 spiro atoms. The lowest BCUT2D eigenvalue weighted by Crippen LogP contribution is -2.48. The minimum absolute atomic E-state index is 0. The molecule has 3 rings (SSSR count). The highest BCUT2D eigenvalue weighted by atomic mass is 127. The number of ether oxygens (including phenoxy) is 2. The number of nitrogens with one attached hydrogen (secondary N) is 2. The van der Waals surface area contributed by atoms with E-state index >= 15 is 0 Å². The largest absolute Gasteiger partial charge is 0.434 e. The Morgan fingerprint density at radius 1 is 1.13 bits per heavy atom. The standard InChI is InChI=1S/C22H26ClF2N3O2.HI/c1-26-21(27-14-16-6-2-5-9-19(16)30-20(24)25)28-15-22(10-12-29-13-11-22)17-7-3-4-8-18(17)23;/h2-9,20H,10-15H2,1H3,(H2,26,27,28);1H. The number of halogens is 4. The van der Waals surface area contributed by atoms with Crippen LogP contribution in [0.3, 0.4) is 0 Å². The molecule has 0 atom stereocenters. The Morgan fingerprint density at radius 3 is 2.48 bits per heavy atom. The van der Waals surface area contributed by atoms with Gasteiger partial charge >= 0.3 is 6.61 Å². The summed E-state index contributed by atoms with van der Waals surface area (Å²) in [5, 5.41) is 7.28. The van der Waals surface area contributed by atoms with Gasteiger partial charge in [-0.1, -0.05) is 48.0 Å². The van der Waals surface area contributed by atoms with Crippen LogP contribution in [0.4, 0.5) is 8.78 Å². The quantitative estimate of drug-likeness (QED) is 0.283. The molecule has 0 bridgehead atoms. The molecule has 1 aliphatic rings. The van der Waals surface area contributed by atoms with E-state index in [1.54, 1.807) is 25.2 Å². The fourth-order valence-electron chi connectivity index (χ4n) is 3.71. The third-order valence-electron chi connectivity index (χ3n) is 5.35. The molecule has 9 heteroatoms. The lowest BCUT2D eigenvalue weighted by atomic mass is 9.74. The van der Waals surface area contributed by atoms with Crippen LogP contribution in [0.25, 0.3) is 0 Å². The van der Waals surface area contributed by atoms with Gasteiger partial charge in [-0.05, 0) is 30.5 Å². The number of para-hydroxylation sites is 1. The number of aliphatic imine (C=N–C) groups is 1. The molecule has 0 amide bonds. The maximum absolute atomic E-state index is 12.6. The highest BCUT2D eigenvalue weighted by Crippen LogP contribution is 2.38. The summed E-state index contributed by atoms with van der Waals surface area (Å²) in [6, 6.07) is 14.6. The molecule has 0 radical (unpaired) electrons. The Kier molecular flexibility index (Phi) is 10.2. The molecule has 2 N–H and O–H groups in total. The summed E-state index contributed by atoms with van der Waals surface area (Å²) in [6.45, 7) is -0.624. The molecule has 1 aliphatic heterocycles. The van der Waals surface area contributed by atoms with Crippen molar-refractivity contribution >= 4 is 41.5 Å². The number of hydrogen-bond donors (Lipinski definition) is 2. The number of alkyl halides is 2. The van der Waals surface area contributed by atoms with Gasteiger partial charge in [-0.2, -0.15) is 8.78 Å². The predicted octanol–water partition coefficient (Wildman–Crippen LogP) is 4.97. The third-order valence-corrected chi connectivity index (χ3v) is 5.68. The lowest BCUT2D eigenvalue weighted by molar-refractivity contribution is -0.0504. The summed E-state index contributed by atoms with van der Waals surface area (Å²) in [5.41, 5.74) is 1.53. The van der Waals surface area contributed by atoms with Crippen LogP contribution in [0, 0.1) is 0 Å². The first-order valence-electron chi connectivity index (χ1n) is 9.84. The van der Waals surface area contributed by atoms with Crippen molar-refractivity contribution < 1.29 is 18.3 Å². The van der Waals surface area contributed by atoms with E-state index in [-0.39, 0.29) is 35.1 Å². The van der Waals surface area contributed by atoms with Crippen molar-refractivity contribution in [2.45, 2.75) is 31.4 Å². The highest BCUT2D eigenvalue weighted by molar-refractivity contribution is 14.0. The topological polar surface area (TPSA) is 54.9 Å². The van der Waals surface area contributed by atoms with Crippen molar-refractivity contribution in [2.75, 3.05) is 26.8 Å². The summed E-state index contributed by atoms with van der Waals surface area (Å²) < 4.78 is 35.4. The second-order valence-corrected chi connectivity index (χ2v) is 7.55. The van der Waals surface area contributed by atoms with Gasteiger partial charge in [0.25, 0.3) is 0 Å². The Morgan fingerprint density at radius 2 is 1.81 bits per heavy atom. The van der Waals surface area contributed by atoms with Crippen LogP contribution < -0.4 is 15.4 Å². The van der Waals surface area contributed by atoms with Crippen LogP contribution in [0.15, 0.2) is 53.5 Å². The number of rotatable bonds is 7. The third kappa shape index (κ3) is 6.92. The summed E-state index contributed by atoms with van der Waals surface area (Å²) >= 11 is 6.51. The van der Waals surface area contributed by atoms with E-state index in [2.05, 4.69) is 26.4 Å². The number of guanidine groups is 1. The number of benzene rings is 2. The molecule has 31 heavy (non-hydrogen) atoms. The zero-order valence-electron chi connectivity index (χ0n) is 17.2. The summed E-state index contributed by atoms with van der Waals surface area (Å²) in [5.74, 6) is 0.715. The zero-order valence-corrected chi connectivity index (χ0v) is 20.3. The SMILES string of the molecule is CN=C(NCc1ccccc1OC(F)F)NCC1(c2ccccc2Cl)CCOCC1.I. The zero-order chi connectivity index (χ0) is 21.4. The van der Waals surface area contributed by atoms with Crippen LogP contribution in [-0.2, 0) is 16.7 Å². The molecule has 2 aromatic rings. The highest BCUT2D eigenvalue weighted by Gasteiger charge is 2.36. The summed E-state index contributed by atoms with van der Waals surface area (Å²) in [4.78, 5) is 4.27. The fourth-order valence-corrected chi connectivity index (χ4v) is 4.04. The Hall–Kier alpha value is -1.65. The van der Waals surface area contributed by atoms with Crippen LogP contribution >= 0.6 is 35.6 Å². The van der Waals surface area contributed by atoms with Gasteiger partial charge in [0.15, 0.2) is 5.96 Å². The summed E-state index contributed by atoms with van der Waals surface area (Å²) in [6.07, 6.45) is 1.68. The van der Waals surface area contributed by atoms with Crippen LogP contribution in [0.5, 0.6) is 5.75 Å². The Balaban J connectivity index is 0.00000341. The maximum Gasteiger partial charge on any atom is 0.387 e. The van der Waals surface area contributed by atoms with Crippen LogP contribution in [-0.4, -0.2) is 39.4 Å². The molecule has 1 heterocycles. The van der Waals surface area contributed by atoms with E-state index in [1.165, 1.54) is 6.07 Å². The van der Waals surface area contributed by atoms with E-state index in [0.717, 1.165) is 23.4 Å².